The number of aliphatic hydroxyl groups is 1. The van der Waals surface area contributed by atoms with Gasteiger partial charge < -0.3 is 9.84 Å². The number of ether oxygens (including phenoxy) is 1. The topological polar surface area (TPSA) is 29.5 Å². The summed E-state index contributed by atoms with van der Waals surface area (Å²) in [5, 5.41) is 9.79. The Morgan fingerprint density at radius 1 is 1.38 bits per heavy atom. The number of halogens is 3. The normalized spacial score (nSPS) is 24.3. The predicted octanol–water partition coefficient (Wildman–Crippen LogP) is 2.39. The summed E-state index contributed by atoms with van der Waals surface area (Å²) in [6.07, 6.45) is -4.80. The monoisotopic (exact) mass is 232 g/mol. The average Bonchev–Trinajstić information content (AvgIpc) is 2.57. The molecule has 0 heterocycles. The molecule has 1 aromatic rings. The van der Waals surface area contributed by atoms with E-state index in [1.54, 1.807) is 12.1 Å². The molecule has 0 aliphatic heterocycles. The maximum absolute atomic E-state index is 12.8. The molecule has 1 aliphatic rings. The first-order valence-corrected chi connectivity index (χ1v) is 4.85. The lowest BCUT2D eigenvalue weighted by Gasteiger charge is -2.28. The number of benzene rings is 1. The molecule has 1 N–H and O–H groups in total. The summed E-state index contributed by atoms with van der Waals surface area (Å²) in [7, 11) is 1.30. The number of aryl methyl sites for hydroxylation is 1. The summed E-state index contributed by atoms with van der Waals surface area (Å²) >= 11 is 0. The molecule has 1 atom stereocenters. The van der Waals surface area contributed by atoms with Crippen LogP contribution in [0.3, 0.4) is 0 Å². The number of rotatable bonds is 1. The third kappa shape index (κ3) is 1.38. The molecular formula is C11H11F3O2. The van der Waals surface area contributed by atoms with Crippen molar-refractivity contribution in [2.45, 2.75) is 24.6 Å². The smallest absolute Gasteiger partial charge is 0.421 e. The molecule has 2 rings (SSSR count). The van der Waals surface area contributed by atoms with Crippen LogP contribution in [0.4, 0.5) is 13.2 Å². The first-order valence-electron chi connectivity index (χ1n) is 4.85. The Morgan fingerprint density at radius 3 is 2.62 bits per heavy atom. The number of fused-ring (bicyclic) bond motifs is 1. The van der Waals surface area contributed by atoms with Crippen molar-refractivity contribution in [2.24, 2.45) is 0 Å². The lowest BCUT2D eigenvalue weighted by Crippen LogP contribution is -2.40. The summed E-state index contributed by atoms with van der Waals surface area (Å²) in [4.78, 5) is 0. The van der Waals surface area contributed by atoms with Gasteiger partial charge in [0.2, 0.25) is 0 Å². The van der Waals surface area contributed by atoms with Gasteiger partial charge in [-0.2, -0.15) is 13.2 Å². The van der Waals surface area contributed by atoms with Crippen LogP contribution in [-0.2, 0) is 12.0 Å². The van der Waals surface area contributed by atoms with Crippen molar-refractivity contribution in [1.29, 1.82) is 0 Å². The van der Waals surface area contributed by atoms with Crippen LogP contribution >= 0.6 is 0 Å². The van der Waals surface area contributed by atoms with E-state index in [2.05, 4.69) is 0 Å². The van der Waals surface area contributed by atoms with Crippen LogP contribution < -0.4 is 4.74 Å². The molecule has 0 saturated carbocycles. The predicted molar refractivity (Wildman–Crippen MR) is 51.3 cm³/mol. The fourth-order valence-electron chi connectivity index (χ4n) is 2.15. The molecule has 0 aromatic heterocycles. The minimum Gasteiger partial charge on any atom is -0.496 e. The lowest BCUT2D eigenvalue weighted by molar-refractivity contribution is -0.265. The van der Waals surface area contributed by atoms with Gasteiger partial charge in [-0.1, -0.05) is 12.1 Å². The Hall–Kier alpha value is -1.23. The number of hydrogen-bond donors (Lipinski definition) is 1. The van der Waals surface area contributed by atoms with Crippen LogP contribution in [0.5, 0.6) is 5.75 Å². The van der Waals surface area contributed by atoms with Crippen LogP contribution in [0.1, 0.15) is 17.5 Å². The van der Waals surface area contributed by atoms with E-state index in [-0.39, 0.29) is 24.2 Å². The minimum atomic E-state index is -4.67. The number of alkyl halides is 3. The highest BCUT2D eigenvalue weighted by Gasteiger charge is 2.59. The number of methoxy groups -OCH3 is 1. The summed E-state index contributed by atoms with van der Waals surface area (Å²) in [5.74, 6) is 0.0924. The summed E-state index contributed by atoms with van der Waals surface area (Å²) < 4.78 is 43.4. The van der Waals surface area contributed by atoms with E-state index in [1.807, 2.05) is 0 Å². The van der Waals surface area contributed by atoms with Crippen LogP contribution in [-0.4, -0.2) is 18.4 Å². The highest BCUT2D eigenvalue weighted by atomic mass is 19.4. The zero-order valence-corrected chi connectivity index (χ0v) is 8.64. The Balaban J connectivity index is 2.61. The van der Waals surface area contributed by atoms with E-state index in [4.69, 9.17) is 4.74 Å². The van der Waals surface area contributed by atoms with Crippen LogP contribution in [0.2, 0.25) is 0 Å². The lowest BCUT2D eigenvalue weighted by atomic mass is 9.94. The van der Waals surface area contributed by atoms with Crippen molar-refractivity contribution in [2.75, 3.05) is 7.11 Å². The van der Waals surface area contributed by atoms with E-state index < -0.39 is 11.8 Å². The second-order valence-electron chi connectivity index (χ2n) is 3.85. The highest BCUT2D eigenvalue weighted by molar-refractivity contribution is 5.48. The fourth-order valence-corrected chi connectivity index (χ4v) is 2.15. The van der Waals surface area contributed by atoms with Gasteiger partial charge in [0.05, 0.1) is 7.11 Å². The Labute approximate surface area is 90.7 Å². The quantitative estimate of drug-likeness (QED) is 0.805. The number of hydrogen-bond acceptors (Lipinski definition) is 2. The SMILES string of the molecule is COc1cccc2c1C(O)(C(F)(F)F)CC2. The third-order valence-electron chi connectivity index (χ3n) is 2.97. The molecule has 5 heteroatoms. The summed E-state index contributed by atoms with van der Waals surface area (Å²) in [5.41, 5.74) is -2.40. The van der Waals surface area contributed by atoms with Gasteiger partial charge in [0.1, 0.15) is 5.75 Å². The van der Waals surface area contributed by atoms with Crippen molar-refractivity contribution >= 4 is 0 Å². The molecule has 0 radical (unpaired) electrons. The fraction of sp³-hybridized carbons (Fsp3) is 0.455. The molecule has 0 spiro atoms. The zero-order valence-electron chi connectivity index (χ0n) is 8.64. The van der Waals surface area contributed by atoms with E-state index in [0.29, 0.717) is 5.56 Å². The van der Waals surface area contributed by atoms with Gasteiger partial charge in [-0.05, 0) is 24.5 Å². The van der Waals surface area contributed by atoms with E-state index in [1.165, 1.54) is 13.2 Å². The van der Waals surface area contributed by atoms with Gasteiger partial charge in [-0.15, -0.1) is 0 Å². The van der Waals surface area contributed by atoms with Crippen molar-refractivity contribution in [1.82, 2.24) is 0 Å². The Morgan fingerprint density at radius 2 is 2.06 bits per heavy atom. The second-order valence-corrected chi connectivity index (χ2v) is 3.85. The standard InChI is InChI=1S/C11H11F3O2/c1-16-8-4-2-3-7-5-6-10(15,9(7)8)11(12,13)14/h2-4,15H,5-6H2,1H3. The summed E-state index contributed by atoms with van der Waals surface area (Å²) in [6.45, 7) is 0. The molecule has 1 aromatic carbocycles. The molecule has 0 fully saturated rings. The molecule has 0 bridgehead atoms. The van der Waals surface area contributed by atoms with Crippen LogP contribution in [0, 0.1) is 0 Å². The molecule has 16 heavy (non-hydrogen) atoms. The molecule has 1 unspecified atom stereocenters. The molecule has 88 valence electrons. The van der Waals surface area contributed by atoms with Gasteiger partial charge in [-0.25, -0.2) is 0 Å². The highest BCUT2D eigenvalue weighted by Crippen LogP contribution is 2.51. The third-order valence-corrected chi connectivity index (χ3v) is 2.97. The van der Waals surface area contributed by atoms with Gasteiger partial charge in [-0.3, -0.25) is 0 Å². The summed E-state index contributed by atoms with van der Waals surface area (Å²) in [6, 6.07) is 4.64. The van der Waals surface area contributed by atoms with E-state index >= 15 is 0 Å². The van der Waals surface area contributed by atoms with Crippen molar-refractivity contribution in [3.05, 3.63) is 29.3 Å². The Kier molecular flexibility index (Phi) is 2.38. The Bertz CT molecular complexity index is 414. The molecular weight excluding hydrogens is 221 g/mol. The van der Waals surface area contributed by atoms with Crippen molar-refractivity contribution in [3.8, 4) is 5.75 Å². The molecule has 1 aliphatic carbocycles. The maximum atomic E-state index is 12.8. The van der Waals surface area contributed by atoms with Gasteiger partial charge in [0.25, 0.3) is 0 Å². The van der Waals surface area contributed by atoms with Crippen LogP contribution in [0.25, 0.3) is 0 Å². The largest absolute Gasteiger partial charge is 0.496 e. The van der Waals surface area contributed by atoms with E-state index in [9.17, 15) is 18.3 Å². The van der Waals surface area contributed by atoms with Crippen molar-refractivity contribution in [3.63, 3.8) is 0 Å². The minimum absolute atomic E-state index is 0.0924. The first kappa shape index (κ1) is 11.3. The molecule has 0 saturated heterocycles. The van der Waals surface area contributed by atoms with Gasteiger partial charge in [0.15, 0.2) is 5.60 Å². The van der Waals surface area contributed by atoms with Crippen LogP contribution in [0.15, 0.2) is 18.2 Å². The van der Waals surface area contributed by atoms with Gasteiger partial charge >= 0.3 is 6.18 Å². The maximum Gasteiger partial charge on any atom is 0.421 e. The molecule has 2 nitrogen and oxygen atoms in total. The molecule has 0 amide bonds. The first-order chi connectivity index (χ1) is 7.40. The second kappa shape index (κ2) is 3.38. The van der Waals surface area contributed by atoms with E-state index in [0.717, 1.165) is 0 Å². The van der Waals surface area contributed by atoms with Gasteiger partial charge in [0, 0.05) is 5.56 Å². The zero-order chi connectivity index (χ0) is 12.0. The van der Waals surface area contributed by atoms with Crippen molar-refractivity contribution < 1.29 is 23.0 Å². The average molecular weight is 232 g/mol.